The first-order chi connectivity index (χ1) is 8.58. The van der Waals surface area contributed by atoms with E-state index in [4.69, 9.17) is 16.7 Å². The van der Waals surface area contributed by atoms with Crippen molar-refractivity contribution in [1.29, 1.82) is 0 Å². The van der Waals surface area contributed by atoms with Crippen LogP contribution in [0.4, 0.5) is 4.39 Å². The summed E-state index contributed by atoms with van der Waals surface area (Å²) in [5, 5.41) is 9.11. The van der Waals surface area contributed by atoms with Gasteiger partial charge in [0.05, 0.1) is 10.9 Å². The zero-order valence-corrected chi connectivity index (χ0v) is 10.7. The van der Waals surface area contributed by atoms with Crippen molar-refractivity contribution >= 4 is 17.6 Å². The van der Waals surface area contributed by atoms with Crippen LogP contribution >= 0.6 is 11.6 Å². The van der Waals surface area contributed by atoms with Crippen molar-refractivity contribution in [2.24, 2.45) is 5.92 Å². The van der Waals surface area contributed by atoms with Gasteiger partial charge < -0.3 is 5.11 Å². The van der Waals surface area contributed by atoms with Crippen molar-refractivity contribution in [2.45, 2.75) is 19.4 Å². The van der Waals surface area contributed by atoms with Gasteiger partial charge in [-0.25, -0.2) is 4.39 Å². The number of carboxylic acids is 1. The molecule has 0 amide bonds. The van der Waals surface area contributed by atoms with Crippen LogP contribution in [-0.4, -0.2) is 29.1 Å². The average molecular weight is 272 g/mol. The Kier molecular flexibility index (Phi) is 4.19. The van der Waals surface area contributed by atoms with E-state index in [1.807, 2.05) is 4.90 Å². The number of likely N-dealkylation sites (tertiary alicyclic amines) is 1. The minimum Gasteiger partial charge on any atom is -0.481 e. The number of aliphatic carboxylic acids is 1. The molecule has 1 N–H and O–H groups in total. The summed E-state index contributed by atoms with van der Waals surface area (Å²) in [7, 11) is 0. The molecule has 1 heterocycles. The molecule has 1 saturated heterocycles. The van der Waals surface area contributed by atoms with E-state index in [0.29, 0.717) is 25.1 Å². The summed E-state index contributed by atoms with van der Waals surface area (Å²) in [6, 6.07) is 4.90. The van der Waals surface area contributed by atoms with Gasteiger partial charge in [-0.2, -0.15) is 0 Å². The molecule has 1 fully saturated rings. The van der Waals surface area contributed by atoms with Gasteiger partial charge in [0, 0.05) is 18.7 Å². The Hall–Kier alpha value is -1.13. The lowest BCUT2D eigenvalue weighted by molar-refractivity contribution is -0.143. The molecule has 1 atom stereocenters. The summed E-state index contributed by atoms with van der Waals surface area (Å²) in [6.07, 6.45) is 1.53. The second kappa shape index (κ2) is 5.67. The quantitative estimate of drug-likeness (QED) is 0.919. The summed E-state index contributed by atoms with van der Waals surface area (Å²) >= 11 is 5.72. The Morgan fingerprint density at radius 2 is 2.33 bits per heavy atom. The molecule has 1 aromatic carbocycles. The van der Waals surface area contributed by atoms with Gasteiger partial charge in [0.1, 0.15) is 5.82 Å². The topological polar surface area (TPSA) is 40.5 Å². The predicted molar refractivity (Wildman–Crippen MR) is 67.0 cm³/mol. The summed E-state index contributed by atoms with van der Waals surface area (Å²) in [5.41, 5.74) is 0.522. The van der Waals surface area contributed by atoms with E-state index < -0.39 is 11.8 Å². The van der Waals surface area contributed by atoms with Crippen LogP contribution in [0.2, 0.25) is 5.02 Å². The van der Waals surface area contributed by atoms with Gasteiger partial charge in [0.15, 0.2) is 0 Å². The molecule has 0 unspecified atom stereocenters. The second-order valence-electron chi connectivity index (χ2n) is 4.63. The van der Waals surface area contributed by atoms with E-state index in [0.717, 1.165) is 13.0 Å². The highest BCUT2D eigenvalue weighted by molar-refractivity contribution is 6.30. The van der Waals surface area contributed by atoms with Gasteiger partial charge in [0.25, 0.3) is 0 Å². The van der Waals surface area contributed by atoms with Crippen molar-refractivity contribution in [2.75, 3.05) is 13.1 Å². The molecule has 3 nitrogen and oxygen atoms in total. The molecular weight excluding hydrogens is 257 g/mol. The SMILES string of the molecule is O=C(O)[C@@H]1CCCN(Cc2cccc(Cl)c2F)C1. The number of benzene rings is 1. The third kappa shape index (κ3) is 3.00. The highest BCUT2D eigenvalue weighted by Crippen LogP contribution is 2.22. The Morgan fingerprint density at radius 1 is 1.56 bits per heavy atom. The number of carbonyl (C=O) groups is 1. The molecule has 18 heavy (non-hydrogen) atoms. The van der Waals surface area contributed by atoms with Crippen LogP contribution in [0.5, 0.6) is 0 Å². The first-order valence-electron chi connectivity index (χ1n) is 5.96. The Bertz CT molecular complexity index is 453. The summed E-state index contributed by atoms with van der Waals surface area (Å²) in [6.45, 7) is 1.69. The van der Waals surface area contributed by atoms with Crippen LogP contribution in [0.15, 0.2) is 18.2 Å². The fraction of sp³-hybridized carbons (Fsp3) is 0.462. The van der Waals surface area contributed by atoms with Gasteiger partial charge >= 0.3 is 5.97 Å². The second-order valence-corrected chi connectivity index (χ2v) is 5.03. The number of nitrogens with zero attached hydrogens (tertiary/aromatic N) is 1. The van der Waals surface area contributed by atoms with Crippen molar-refractivity contribution in [3.63, 3.8) is 0 Å². The van der Waals surface area contributed by atoms with Crippen LogP contribution in [0.1, 0.15) is 18.4 Å². The van der Waals surface area contributed by atoms with Crippen LogP contribution in [-0.2, 0) is 11.3 Å². The molecule has 0 saturated carbocycles. The molecule has 0 aliphatic carbocycles. The third-order valence-corrected chi connectivity index (χ3v) is 3.57. The maximum atomic E-state index is 13.7. The highest BCUT2D eigenvalue weighted by atomic mass is 35.5. The van der Waals surface area contributed by atoms with E-state index in [2.05, 4.69) is 0 Å². The number of carboxylic acid groups (broad SMARTS) is 1. The number of halogens is 2. The van der Waals surface area contributed by atoms with Crippen molar-refractivity contribution in [1.82, 2.24) is 4.90 Å². The molecule has 0 radical (unpaired) electrons. The Morgan fingerprint density at radius 3 is 3.06 bits per heavy atom. The molecule has 1 aliphatic heterocycles. The summed E-state index contributed by atoms with van der Waals surface area (Å²) in [4.78, 5) is 12.9. The van der Waals surface area contributed by atoms with E-state index >= 15 is 0 Å². The third-order valence-electron chi connectivity index (χ3n) is 3.28. The number of piperidine rings is 1. The standard InChI is InChI=1S/C13H15ClFNO2/c14-11-5-1-3-9(12(11)15)7-16-6-2-4-10(8-16)13(17)18/h1,3,5,10H,2,4,6-8H2,(H,17,18)/t10-/m1/s1. The summed E-state index contributed by atoms with van der Waals surface area (Å²) in [5.74, 6) is -1.52. The Balaban J connectivity index is 2.05. The highest BCUT2D eigenvalue weighted by Gasteiger charge is 2.25. The van der Waals surface area contributed by atoms with Crippen molar-refractivity contribution in [3.8, 4) is 0 Å². The zero-order chi connectivity index (χ0) is 13.1. The molecule has 98 valence electrons. The van der Waals surface area contributed by atoms with Crippen LogP contribution in [0.3, 0.4) is 0 Å². The predicted octanol–water partition coefficient (Wildman–Crippen LogP) is 2.78. The van der Waals surface area contributed by atoms with Gasteiger partial charge in [-0.05, 0) is 25.5 Å². The van der Waals surface area contributed by atoms with Gasteiger partial charge in [-0.15, -0.1) is 0 Å². The van der Waals surface area contributed by atoms with Gasteiger partial charge in [-0.3, -0.25) is 9.69 Å². The lowest BCUT2D eigenvalue weighted by Gasteiger charge is -2.30. The molecule has 0 spiro atoms. The number of rotatable bonds is 3. The smallest absolute Gasteiger partial charge is 0.307 e. The van der Waals surface area contributed by atoms with Crippen LogP contribution in [0.25, 0.3) is 0 Å². The van der Waals surface area contributed by atoms with Crippen molar-refractivity contribution < 1.29 is 14.3 Å². The van der Waals surface area contributed by atoms with E-state index in [9.17, 15) is 9.18 Å². The van der Waals surface area contributed by atoms with E-state index in [-0.39, 0.29) is 10.9 Å². The normalized spacial score (nSPS) is 20.9. The van der Waals surface area contributed by atoms with E-state index in [1.54, 1.807) is 12.1 Å². The fourth-order valence-electron chi connectivity index (χ4n) is 2.31. The molecule has 5 heteroatoms. The van der Waals surface area contributed by atoms with Gasteiger partial charge in [-0.1, -0.05) is 23.7 Å². The number of hydrogen-bond donors (Lipinski definition) is 1. The maximum absolute atomic E-state index is 13.7. The van der Waals surface area contributed by atoms with Crippen LogP contribution < -0.4 is 0 Å². The average Bonchev–Trinajstić information content (AvgIpc) is 2.35. The molecule has 2 rings (SSSR count). The van der Waals surface area contributed by atoms with E-state index in [1.165, 1.54) is 6.07 Å². The molecule has 0 aromatic heterocycles. The Labute approximate surface area is 110 Å². The summed E-state index contributed by atoms with van der Waals surface area (Å²) < 4.78 is 13.7. The van der Waals surface area contributed by atoms with Gasteiger partial charge in [0.2, 0.25) is 0 Å². The van der Waals surface area contributed by atoms with Crippen molar-refractivity contribution in [3.05, 3.63) is 34.6 Å². The monoisotopic (exact) mass is 271 g/mol. The zero-order valence-electron chi connectivity index (χ0n) is 9.90. The first-order valence-corrected chi connectivity index (χ1v) is 6.34. The minimum absolute atomic E-state index is 0.110. The maximum Gasteiger partial charge on any atom is 0.307 e. The minimum atomic E-state index is -0.772. The fourth-order valence-corrected chi connectivity index (χ4v) is 2.51. The lowest BCUT2D eigenvalue weighted by atomic mass is 9.98. The van der Waals surface area contributed by atoms with Crippen LogP contribution in [0, 0.1) is 11.7 Å². The molecule has 1 aliphatic rings. The lowest BCUT2D eigenvalue weighted by Crippen LogP contribution is -2.38. The number of hydrogen-bond acceptors (Lipinski definition) is 2. The molecule has 1 aromatic rings. The molecule has 0 bridgehead atoms. The largest absolute Gasteiger partial charge is 0.481 e. The molecular formula is C13H15ClFNO2. The first kappa shape index (κ1) is 13.3.